The van der Waals surface area contributed by atoms with Crippen molar-refractivity contribution >= 4 is 77.5 Å². The van der Waals surface area contributed by atoms with Crippen LogP contribution >= 0.6 is 36.4 Å². The van der Waals surface area contributed by atoms with Gasteiger partial charge in [0.05, 0.1) is 29.9 Å². The first-order valence-corrected chi connectivity index (χ1v) is 13.7. The summed E-state index contributed by atoms with van der Waals surface area (Å²) in [7, 11) is 0. The number of piperazine rings is 1. The van der Waals surface area contributed by atoms with E-state index < -0.39 is 22.8 Å². The minimum atomic E-state index is -4.66. The average Bonchev–Trinajstić information content (AvgIpc) is 2.96. The van der Waals surface area contributed by atoms with E-state index in [0.29, 0.717) is 43.1 Å². The summed E-state index contributed by atoms with van der Waals surface area (Å²) in [6, 6.07) is 15.1. The van der Waals surface area contributed by atoms with Gasteiger partial charge in [-0.05, 0) is 54.6 Å². The Hall–Kier alpha value is -4.08. The van der Waals surface area contributed by atoms with Crippen LogP contribution in [0.5, 0.6) is 5.75 Å². The zero-order valence-electron chi connectivity index (χ0n) is 24.0. The molecular formula is C29H31Cl3F3N7O4. The van der Waals surface area contributed by atoms with E-state index in [-0.39, 0.29) is 61.2 Å². The number of phenolic OH excluding ortho intramolecular Hbond substituents is 1. The SMILES string of the molecule is Cl.Cl.O=C(CN1CCN(CC(=O)Nc2ccc(NC(=O)Nc3ccc(Cl)c(C(F)(F)F)c3)cc2)CC1)N/N=C/c1ccccc1O. The summed E-state index contributed by atoms with van der Waals surface area (Å²) in [4.78, 5) is 40.9. The van der Waals surface area contributed by atoms with Gasteiger partial charge in [-0.1, -0.05) is 23.7 Å². The Morgan fingerprint density at radius 2 is 1.33 bits per heavy atom. The molecule has 248 valence electrons. The standard InChI is InChI=1S/C29H29ClF3N7O4.2ClH/c30-24-10-9-22(15-23(24)29(31,32)33)37-28(44)36-21-7-5-20(6-8-21)35-26(42)17-39-11-13-40(14-12-39)18-27(43)38-34-16-19-3-1-2-4-25(19)41;;/h1-10,15-16,41H,11-14,17-18H2,(H,35,42)(H,38,43)(H2,36,37,44);2*1H/b34-16+;;. The smallest absolute Gasteiger partial charge is 0.417 e. The molecule has 17 heteroatoms. The first kappa shape index (κ1) is 38.1. The maximum atomic E-state index is 13.0. The van der Waals surface area contributed by atoms with Gasteiger partial charge in [-0.3, -0.25) is 19.4 Å². The topological polar surface area (TPSA) is 138 Å². The van der Waals surface area contributed by atoms with Crippen LogP contribution in [-0.4, -0.2) is 78.2 Å². The normalized spacial score (nSPS) is 13.7. The van der Waals surface area contributed by atoms with E-state index in [1.54, 1.807) is 30.3 Å². The van der Waals surface area contributed by atoms with Gasteiger partial charge in [0.2, 0.25) is 5.91 Å². The quantitative estimate of drug-likeness (QED) is 0.152. The van der Waals surface area contributed by atoms with E-state index in [1.807, 2.05) is 9.80 Å². The highest BCUT2D eigenvalue weighted by atomic mass is 35.5. The van der Waals surface area contributed by atoms with Crippen molar-refractivity contribution in [3.05, 3.63) is 82.9 Å². The molecule has 3 aromatic rings. The number of benzene rings is 3. The summed E-state index contributed by atoms with van der Waals surface area (Å²) in [5.41, 5.74) is 2.63. The number of alkyl halides is 3. The lowest BCUT2D eigenvalue weighted by Gasteiger charge is -2.33. The maximum absolute atomic E-state index is 13.0. The fourth-order valence-corrected chi connectivity index (χ4v) is 4.49. The van der Waals surface area contributed by atoms with Gasteiger partial charge >= 0.3 is 12.2 Å². The number of carbonyl (C=O) groups excluding carboxylic acids is 3. The van der Waals surface area contributed by atoms with Crippen LogP contribution in [0.25, 0.3) is 0 Å². The number of nitrogens with zero attached hydrogens (tertiary/aromatic N) is 3. The Morgan fingerprint density at radius 1 is 0.804 bits per heavy atom. The molecule has 0 saturated carbocycles. The van der Waals surface area contributed by atoms with Crippen molar-refractivity contribution in [2.45, 2.75) is 6.18 Å². The summed E-state index contributed by atoms with van der Waals surface area (Å²) >= 11 is 5.60. The summed E-state index contributed by atoms with van der Waals surface area (Å²) in [5, 5.41) is 20.7. The molecule has 0 aromatic heterocycles. The second-order valence-corrected chi connectivity index (χ2v) is 10.2. The summed E-state index contributed by atoms with van der Waals surface area (Å²) in [6.45, 7) is 2.62. The molecule has 0 bridgehead atoms. The Balaban J connectivity index is 0.00000368. The first-order chi connectivity index (χ1) is 21.0. The molecule has 0 atom stereocenters. The molecule has 4 rings (SSSR count). The molecule has 1 fully saturated rings. The third-order valence-corrected chi connectivity index (χ3v) is 6.81. The number of hydrazone groups is 1. The van der Waals surface area contributed by atoms with Gasteiger partial charge in [-0.2, -0.15) is 18.3 Å². The first-order valence-electron chi connectivity index (χ1n) is 13.4. The van der Waals surface area contributed by atoms with E-state index in [0.717, 1.165) is 12.1 Å². The van der Waals surface area contributed by atoms with Crippen LogP contribution in [0.1, 0.15) is 11.1 Å². The van der Waals surface area contributed by atoms with E-state index in [1.165, 1.54) is 30.5 Å². The predicted octanol–water partition coefficient (Wildman–Crippen LogP) is 5.26. The maximum Gasteiger partial charge on any atom is 0.417 e. The number of halogens is 6. The number of anilines is 3. The van der Waals surface area contributed by atoms with Crippen LogP contribution < -0.4 is 21.4 Å². The highest BCUT2D eigenvalue weighted by Gasteiger charge is 2.33. The van der Waals surface area contributed by atoms with Crippen molar-refractivity contribution in [1.29, 1.82) is 0 Å². The van der Waals surface area contributed by atoms with Crippen LogP contribution in [0.15, 0.2) is 71.8 Å². The van der Waals surface area contributed by atoms with Crippen LogP contribution in [0.2, 0.25) is 5.02 Å². The second kappa shape index (κ2) is 17.6. The van der Waals surface area contributed by atoms with E-state index in [2.05, 4.69) is 26.5 Å². The Bertz CT molecular complexity index is 1520. The van der Waals surface area contributed by atoms with Crippen LogP contribution in [-0.2, 0) is 15.8 Å². The Kier molecular flexibility index (Phi) is 14.6. The Morgan fingerprint density at radius 3 is 1.91 bits per heavy atom. The number of carbonyl (C=O) groups is 3. The zero-order chi connectivity index (χ0) is 31.7. The Labute approximate surface area is 280 Å². The minimum Gasteiger partial charge on any atom is -0.507 e. The van der Waals surface area contributed by atoms with Crippen molar-refractivity contribution in [2.24, 2.45) is 5.10 Å². The summed E-state index contributed by atoms with van der Waals surface area (Å²) in [5.74, 6) is -0.471. The van der Waals surface area contributed by atoms with E-state index >= 15 is 0 Å². The largest absolute Gasteiger partial charge is 0.507 e. The van der Waals surface area contributed by atoms with Gasteiger partial charge in [0, 0.05) is 48.8 Å². The van der Waals surface area contributed by atoms with Gasteiger partial charge in [0.15, 0.2) is 0 Å². The number of urea groups is 1. The van der Waals surface area contributed by atoms with Gasteiger partial charge in [0.25, 0.3) is 5.91 Å². The molecule has 1 saturated heterocycles. The molecule has 0 unspecified atom stereocenters. The fourth-order valence-electron chi connectivity index (χ4n) is 4.27. The molecule has 11 nitrogen and oxygen atoms in total. The van der Waals surface area contributed by atoms with Crippen molar-refractivity contribution in [2.75, 3.05) is 55.2 Å². The highest BCUT2D eigenvalue weighted by Crippen LogP contribution is 2.36. The van der Waals surface area contributed by atoms with E-state index in [9.17, 15) is 32.7 Å². The molecule has 0 aliphatic carbocycles. The number of aromatic hydroxyl groups is 1. The van der Waals surface area contributed by atoms with Crippen LogP contribution in [0.4, 0.5) is 35.0 Å². The van der Waals surface area contributed by atoms with E-state index in [4.69, 9.17) is 11.6 Å². The lowest BCUT2D eigenvalue weighted by Crippen LogP contribution is -2.50. The number of phenols is 1. The van der Waals surface area contributed by atoms with Crippen molar-refractivity contribution < 1.29 is 32.7 Å². The fraction of sp³-hybridized carbons (Fsp3) is 0.241. The number of rotatable bonds is 9. The molecule has 1 heterocycles. The lowest BCUT2D eigenvalue weighted by molar-refractivity contribution is -0.137. The molecule has 0 radical (unpaired) electrons. The summed E-state index contributed by atoms with van der Waals surface area (Å²) in [6.07, 6.45) is -3.30. The third kappa shape index (κ3) is 11.7. The minimum absolute atomic E-state index is 0. The highest BCUT2D eigenvalue weighted by molar-refractivity contribution is 6.31. The van der Waals surface area contributed by atoms with Crippen molar-refractivity contribution in [3.63, 3.8) is 0 Å². The van der Waals surface area contributed by atoms with Gasteiger partial charge < -0.3 is 21.1 Å². The van der Waals surface area contributed by atoms with Gasteiger partial charge in [0.1, 0.15) is 5.75 Å². The summed E-state index contributed by atoms with van der Waals surface area (Å²) < 4.78 is 39.1. The number of nitrogens with one attached hydrogen (secondary N) is 4. The molecule has 0 spiro atoms. The predicted molar refractivity (Wildman–Crippen MR) is 175 cm³/mol. The zero-order valence-corrected chi connectivity index (χ0v) is 26.4. The number of hydrogen-bond acceptors (Lipinski definition) is 7. The molecule has 5 N–H and O–H groups in total. The average molecular weight is 705 g/mol. The van der Waals surface area contributed by atoms with Gasteiger partial charge in [-0.25, -0.2) is 10.2 Å². The number of amides is 4. The lowest BCUT2D eigenvalue weighted by atomic mass is 10.2. The molecule has 46 heavy (non-hydrogen) atoms. The monoisotopic (exact) mass is 703 g/mol. The molecule has 1 aliphatic rings. The van der Waals surface area contributed by atoms with Crippen molar-refractivity contribution in [3.8, 4) is 5.75 Å². The molecule has 1 aliphatic heterocycles. The second-order valence-electron chi connectivity index (χ2n) is 9.80. The van der Waals surface area contributed by atoms with Crippen LogP contribution in [0.3, 0.4) is 0 Å². The molecule has 4 amide bonds. The van der Waals surface area contributed by atoms with Gasteiger partial charge in [-0.15, -0.1) is 24.8 Å². The number of hydrogen-bond donors (Lipinski definition) is 5. The third-order valence-electron chi connectivity index (χ3n) is 6.49. The molecular weight excluding hydrogens is 674 g/mol. The van der Waals surface area contributed by atoms with Crippen molar-refractivity contribution in [1.82, 2.24) is 15.2 Å². The van der Waals surface area contributed by atoms with Crippen LogP contribution in [0, 0.1) is 0 Å². The number of para-hydroxylation sites is 1. The molecule has 3 aromatic carbocycles.